The number of primary amides is 1. The van der Waals surface area contributed by atoms with Crippen LogP contribution in [0.3, 0.4) is 0 Å². The molecule has 2 rings (SSSR count). The number of nitrogens with one attached hydrogen (secondary N) is 1. The van der Waals surface area contributed by atoms with Crippen LogP contribution in [-0.4, -0.2) is 35.4 Å². The largest absolute Gasteiger partial charge is 0.492 e. The van der Waals surface area contributed by atoms with Crippen molar-refractivity contribution < 1.29 is 24.1 Å². The second-order valence-corrected chi connectivity index (χ2v) is 6.74. The van der Waals surface area contributed by atoms with E-state index in [-0.39, 0.29) is 30.0 Å². The van der Waals surface area contributed by atoms with Gasteiger partial charge in [-0.05, 0) is 24.3 Å². The maximum Gasteiger partial charge on any atom is 0.254 e. The van der Waals surface area contributed by atoms with E-state index in [4.69, 9.17) is 27.2 Å². The fourth-order valence-corrected chi connectivity index (χ4v) is 2.90. The molecule has 0 saturated heterocycles. The van der Waals surface area contributed by atoms with E-state index in [0.717, 1.165) is 16.6 Å². The van der Waals surface area contributed by atoms with E-state index in [1.54, 1.807) is 18.2 Å². The molecule has 0 aromatic heterocycles. The van der Waals surface area contributed by atoms with Crippen LogP contribution in [0.2, 0.25) is 5.02 Å². The Morgan fingerprint density at radius 1 is 1.35 bits per heavy atom. The molecule has 0 radical (unpaired) electrons. The highest BCUT2D eigenvalue weighted by atomic mass is 79.9. The molecule has 0 saturated carbocycles. The first-order chi connectivity index (χ1) is 12.3. The van der Waals surface area contributed by atoms with Crippen LogP contribution in [0.1, 0.15) is 16.8 Å². The number of ether oxygens (including phenoxy) is 1. The number of carbonyl (C=O) groups excluding carboxylic acids is 1. The molecule has 1 amide bonds. The second-order valence-electron chi connectivity index (χ2n) is 5.41. The first kappa shape index (κ1) is 20.4. The molecular weight excluding hydrogens is 431 g/mol. The van der Waals surface area contributed by atoms with Gasteiger partial charge in [-0.25, -0.2) is 4.39 Å². The predicted octanol–water partition coefficient (Wildman–Crippen LogP) is 3.21. The van der Waals surface area contributed by atoms with Gasteiger partial charge in [0.2, 0.25) is 0 Å². The molecule has 0 aliphatic rings. The first-order valence-electron chi connectivity index (χ1n) is 7.59. The predicted molar refractivity (Wildman–Crippen MR) is 101 cm³/mol. The monoisotopic (exact) mass is 446 g/mol. The molecule has 2 aromatic rings. The molecule has 9 heteroatoms. The first-order valence-corrected chi connectivity index (χ1v) is 8.76. The van der Waals surface area contributed by atoms with Crippen LogP contribution in [0, 0.1) is 5.82 Å². The number of halogens is 3. The second kappa shape index (κ2) is 9.18. The lowest BCUT2D eigenvalue weighted by molar-refractivity contribution is 0.0751. The van der Waals surface area contributed by atoms with Gasteiger partial charge in [-0.3, -0.25) is 4.79 Å². The van der Waals surface area contributed by atoms with Gasteiger partial charge in [0.25, 0.3) is 5.91 Å². The molecule has 26 heavy (non-hydrogen) atoms. The van der Waals surface area contributed by atoms with Crippen LogP contribution in [0.25, 0.3) is 0 Å². The number of aliphatic hydroxyl groups is 2. The van der Waals surface area contributed by atoms with E-state index in [1.165, 1.54) is 0 Å². The Morgan fingerprint density at radius 2 is 2.08 bits per heavy atom. The van der Waals surface area contributed by atoms with Crippen LogP contribution >= 0.6 is 27.5 Å². The van der Waals surface area contributed by atoms with Crippen molar-refractivity contribution in [1.82, 2.24) is 0 Å². The quantitative estimate of drug-likeness (QED) is 0.497. The summed E-state index contributed by atoms with van der Waals surface area (Å²) < 4.78 is 20.1. The summed E-state index contributed by atoms with van der Waals surface area (Å²) in [5.41, 5.74) is 5.92. The van der Waals surface area contributed by atoms with Crippen molar-refractivity contribution >= 4 is 44.8 Å². The van der Waals surface area contributed by atoms with E-state index >= 15 is 0 Å². The van der Waals surface area contributed by atoms with Crippen molar-refractivity contribution in [1.29, 1.82) is 0 Å². The van der Waals surface area contributed by atoms with E-state index in [9.17, 15) is 14.3 Å². The number of benzene rings is 2. The molecule has 0 spiro atoms. The fourth-order valence-electron chi connectivity index (χ4n) is 2.18. The number of rotatable bonds is 8. The highest BCUT2D eigenvalue weighted by Gasteiger charge is 2.19. The molecule has 5 N–H and O–H groups in total. The number of aliphatic hydroxyl groups excluding tert-OH is 2. The fraction of sp³-hybridized carbons (Fsp3) is 0.235. The lowest BCUT2D eigenvalue weighted by Gasteiger charge is -2.17. The summed E-state index contributed by atoms with van der Waals surface area (Å²) in [6.07, 6.45) is -0.869. The van der Waals surface area contributed by atoms with E-state index in [2.05, 4.69) is 21.2 Å². The lowest BCUT2D eigenvalue weighted by atomic mass is 10.1. The van der Waals surface area contributed by atoms with Gasteiger partial charge < -0.3 is 26.0 Å². The van der Waals surface area contributed by atoms with Crippen molar-refractivity contribution in [3.8, 4) is 5.75 Å². The van der Waals surface area contributed by atoms with E-state index in [0.29, 0.717) is 10.7 Å². The van der Waals surface area contributed by atoms with Gasteiger partial charge in [0.05, 0.1) is 35.7 Å². The highest BCUT2D eigenvalue weighted by Crippen LogP contribution is 2.34. The summed E-state index contributed by atoms with van der Waals surface area (Å²) in [5, 5.41) is 21.4. The number of carbonyl (C=O) groups is 1. The van der Waals surface area contributed by atoms with Crippen LogP contribution in [-0.2, 0) is 0 Å². The summed E-state index contributed by atoms with van der Waals surface area (Å²) in [4.78, 5) is 11.9. The van der Waals surface area contributed by atoms with Crippen molar-refractivity contribution in [3.63, 3.8) is 0 Å². The van der Waals surface area contributed by atoms with Gasteiger partial charge >= 0.3 is 0 Å². The Bertz CT molecular complexity index is 807. The molecule has 0 aliphatic carbocycles. The molecule has 0 fully saturated rings. The Kier molecular flexibility index (Phi) is 7.22. The summed E-state index contributed by atoms with van der Waals surface area (Å²) in [6.45, 7) is -0.464. The third-order valence-corrected chi connectivity index (χ3v) is 4.24. The Balaban J connectivity index is 2.34. The van der Waals surface area contributed by atoms with Gasteiger partial charge in [-0.2, -0.15) is 0 Å². The highest BCUT2D eigenvalue weighted by molar-refractivity contribution is 9.10. The zero-order valence-corrected chi connectivity index (χ0v) is 15.8. The number of amides is 1. The summed E-state index contributed by atoms with van der Waals surface area (Å²) in [7, 11) is 0. The number of anilines is 2. The van der Waals surface area contributed by atoms with Crippen LogP contribution in [0.4, 0.5) is 15.8 Å². The van der Waals surface area contributed by atoms with Crippen molar-refractivity contribution in [3.05, 3.63) is 51.2 Å². The average molecular weight is 448 g/mol. The third kappa shape index (κ3) is 5.31. The maximum atomic E-state index is 14.0. The van der Waals surface area contributed by atoms with Gasteiger partial charge in [0, 0.05) is 17.0 Å². The third-order valence-electron chi connectivity index (χ3n) is 3.43. The summed E-state index contributed by atoms with van der Waals surface area (Å²) in [5.74, 6) is -1.54. The smallest absolute Gasteiger partial charge is 0.254 e. The number of hydrogen-bond donors (Lipinski definition) is 4. The van der Waals surface area contributed by atoms with E-state index < -0.39 is 24.4 Å². The van der Waals surface area contributed by atoms with Gasteiger partial charge in [0.1, 0.15) is 17.1 Å². The maximum absolute atomic E-state index is 14.0. The zero-order chi connectivity index (χ0) is 19.3. The molecule has 0 unspecified atom stereocenters. The topological polar surface area (TPSA) is 105 Å². The van der Waals surface area contributed by atoms with Crippen molar-refractivity contribution in [2.45, 2.75) is 12.5 Å². The number of hydrogen-bond acceptors (Lipinski definition) is 5. The normalized spacial score (nSPS) is 11.9. The molecule has 2 aromatic carbocycles. The standard InChI is InChI=1S/C17H17BrClFN2O4/c18-9-1-2-13(12(19)5-9)22-14-6-10(20)7-15(16(14)17(21)25)26-4-3-11(24)8-23/h1-2,5-7,11,22-24H,3-4,8H2,(H2,21,25)/t11-/m1/s1. The minimum atomic E-state index is -0.972. The molecule has 140 valence electrons. The Morgan fingerprint density at radius 3 is 2.69 bits per heavy atom. The minimum absolute atomic E-state index is 0.0378. The molecule has 0 bridgehead atoms. The molecule has 1 atom stereocenters. The Labute approximate surface area is 162 Å². The van der Waals surface area contributed by atoms with Crippen LogP contribution in [0.15, 0.2) is 34.8 Å². The minimum Gasteiger partial charge on any atom is -0.492 e. The van der Waals surface area contributed by atoms with Crippen molar-refractivity contribution in [2.75, 3.05) is 18.5 Å². The SMILES string of the molecule is NC(=O)c1c(Nc2ccc(Br)cc2Cl)cc(F)cc1OCC[C@@H](O)CO. The van der Waals surface area contributed by atoms with Crippen LogP contribution < -0.4 is 15.8 Å². The van der Waals surface area contributed by atoms with Gasteiger partial charge in [-0.1, -0.05) is 27.5 Å². The molecular formula is C17H17BrClFN2O4. The van der Waals surface area contributed by atoms with Gasteiger partial charge in [0.15, 0.2) is 0 Å². The number of nitrogens with two attached hydrogens (primary N) is 1. The molecule has 0 aliphatic heterocycles. The zero-order valence-electron chi connectivity index (χ0n) is 13.5. The summed E-state index contributed by atoms with van der Waals surface area (Å²) in [6, 6.07) is 7.15. The van der Waals surface area contributed by atoms with Gasteiger partial charge in [-0.15, -0.1) is 0 Å². The molecule has 6 nitrogen and oxygen atoms in total. The molecule has 0 heterocycles. The van der Waals surface area contributed by atoms with Crippen molar-refractivity contribution in [2.24, 2.45) is 5.73 Å². The lowest BCUT2D eigenvalue weighted by Crippen LogP contribution is -2.19. The Hall–Kier alpha value is -1.87. The van der Waals surface area contributed by atoms with E-state index in [1.807, 2.05) is 0 Å². The average Bonchev–Trinajstić information content (AvgIpc) is 2.56. The van der Waals surface area contributed by atoms with Crippen LogP contribution in [0.5, 0.6) is 5.75 Å². The summed E-state index contributed by atoms with van der Waals surface area (Å²) >= 11 is 9.42.